The number of fused-ring (bicyclic) bond motifs is 1. The number of hydrogen-bond acceptors (Lipinski definition) is 2. The summed E-state index contributed by atoms with van der Waals surface area (Å²) in [6.45, 7) is 9.30. The maximum Gasteiger partial charge on any atom is 0.0991 e. The topological polar surface area (TPSA) is 27.0 Å². The molecule has 0 amide bonds. The molecule has 1 aliphatic carbocycles. The SMILES string of the molecule is C=C(c1ccc2cc(C#N)ccc2c1)C1CN(C2CCC2)CCC1C. The molecule has 2 fully saturated rings. The Morgan fingerprint density at radius 3 is 2.60 bits per heavy atom. The minimum atomic E-state index is 0.546. The summed E-state index contributed by atoms with van der Waals surface area (Å²) in [5.74, 6) is 1.24. The molecule has 0 N–H and O–H groups in total. The van der Waals surface area contributed by atoms with E-state index in [0.717, 1.165) is 23.5 Å². The summed E-state index contributed by atoms with van der Waals surface area (Å²) < 4.78 is 0. The second-order valence-electron chi connectivity index (χ2n) is 7.87. The zero-order chi connectivity index (χ0) is 17.4. The van der Waals surface area contributed by atoms with Gasteiger partial charge < -0.3 is 0 Å². The Morgan fingerprint density at radius 1 is 1.12 bits per heavy atom. The summed E-state index contributed by atoms with van der Waals surface area (Å²) in [6.07, 6.45) is 5.44. The molecule has 0 radical (unpaired) electrons. The summed E-state index contributed by atoms with van der Waals surface area (Å²) in [6, 6.07) is 15.5. The predicted molar refractivity (Wildman–Crippen MR) is 104 cm³/mol. The lowest BCUT2D eigenvalue weighted by Gasteiger charge is -2.45. The number of likely N-dealkylation sites (tertiary alicyclic amines) is 1. The summed E-state index contributed by atoms with van der Waals surface area (Å²) >= 11 is 0. The first-order valence-electron chi connectivity index (χ1n) is 9.53. The number of rotatable bonds is 3. The van der Waals surface area contributed by atoms with Crippen molar-refractivity contribution in [3.05, 3.63) is 54.1 Å². The Kier molecular flexibility index (Phi) is 4.36. The Balaban J connectivity index is 1.58. The number of nitrogens with zero attached hydrogens (tertiary/aromatic N) is 2. The van der Waals surface area contributed by atoms with Crippen molar-refractivity contribution in [2.75, 3.05) is 13.1 Å². The average molecular weight is 330 g/mol. The summed E-state index contributed by atoms with van der Waals surface area (Å²) in [7, 11) is 0. The largest absolute Gasteiger partial charge is 0.300 e. The summed E-state index contributed by atoms with van der Waals surface area (Å²) in [5, 5.41) is 11.4. The molecular weight excluding hydrogens is 304 g/mol. The van der Waals surface area contributed by atoms with Gasteiger partial charge in [-0.05, 0) is 77.8 Å². The van der Waals surface area contributed by atoms with Crippen LogP contribution in [0.15, 0.2) is 43.0 Å². The smallest absolute Gasteiger partial charge is 0.0991 e. The molecule has 0 aromatic heterocycles. The third-order valence-electron chi connectivity index (χ3n) is 6.37. The first kappa shape index (κ1) is 16.4. The molecule has 1 heterocycles. The van der Waals surface area contributed by atoms with E-state index in [2.05, 4.69) is 48.7 Å². The average Bonchev–Trinajstić information content (AvgIpc) is 2.60. The molecule has 2 heteroatoms. The zero-order valence-corrected chi connectivity index (χ0v) is 15.0. The highest BCUT2D eigenvalue weighted by atomic mass is 15.2. The lowest BCUT2D eigenvalue weighted by Crippen LogP contribution is -2.48. The van der Waals surface area contributed by atoms with Crippen LogP contribution in [0.25, 0.3) is 16.3 Å². The van der Waals surface area contributed by atoms with E-state index in [1.807, 2.05) is 12.1 Å². The van der Waals surface area contributed by atoms with Crippen molar-refractivity contribution in [1.82, 2.24) is 4.90 Å². The molecule has 4 rings (SSSR count). The van der Waals surface area contributed by atoms with Gasteiger partial charge in [0, 0.05) is 12.6 Å². The van der Waals surface area contributed by atoms with Gasteiger partial charge in [0.2, 0.25) is 0 Å². The van der Waals surface area contributed by atoms with Crippen molar-refractivity contribution < 1.29 is 0 Å². The van der Waals surface area contributed by atoms with E-state index in [4.69, 9.17) is 5.26 Å². The third-order valence-corrected chi connectivity index (χ3v) is 6.37. The maximum atomic E-state index is 9.07. The molecule has 2 aromatic rings. The fourth-order valence-electron chi connectivity index (χ4n) is 4.36. The fourth-order valence-corrected chi connectivity index (χ4v) is 4.36. The van der Waals surface area contributed by atoms with Crippen molar-refractivity contribution in [1.29, 1.82) is 5.26 Å². The van der Waals surface area contributed by atoms with Crippen LogP contribution in [0.3, 0.4) is 0 Å². The zero-order valence-electron chi connectivity index (χ0n) is 15.0. The lowest BCUT2D eigenvalue weighted by atomic mass is 9.77. The fraction of sp³-hybridized carbons (Fsp3) is 0.435. The van der Waals surface area contributed by atoms with Gasteiger partial charge >= 0.3 is 0 Å². The number of hydrogen-bond donors (Lipinski definition) is 0. The van der Waals surface area contributed by atoms with Gasteiger partial charge in [0.1, 0.15) is 0 Å². The third kappa shape index (κ3) is 3.10. The monoisotopic (exact) mass is 330 g/mol. The van der Waals surface area contributed by atoms with Crippen LogP contribution in [0.2, 0.25) is 0 Å². The molecule has 2 unspecified atom stereocenters. The van der Waals surface area contributed by atoms with Crippen LogP contribution < -0.4 is 0 Å². The van der Waals surface area contributed by atoms with Crippen molar-refractivity contribution in [2.45, 2.75) is 38.6 Å². The molecule has 0 spiro atoms. The van der Waals surface area contributed by atoms with Crippen molar-refractivity contribution in [3.8, 4) is 6.07 Å². The van der Waals surface area contributed by atoms with Crippen molar-refractivity contribution in [3.63, 3.8) is 0 Å². The molecule has 2 aromatic carbocycles. The second kappa shape index (κ2) is 6.65. The minimum Gasteiger partial charge on any atom is -0.300 e. The molecule has 1 saturated heterocycles. The van der Waals surface area contributed by atoms with E-state index in [1.54, 1.807) is 0 Å². The van der Waals surface area contributed by atoms with E-state index in [-0.39, 0.29) is 0 Å². The van der Waals surface area contributed by atoms with Gasteiger partial charge in [-0.3, -0.25) is 4.90 Å². The quantitative estimate of drug-likeness (QED) is 0.770. The number of nitriles is 1. The first-order chi connectivity index (χ1) is 12.2. The highest BCUT2D eigenvalue weighted by Gasteiger charge is 2.34. The lowest BCUT2D eigenvalue weighted by molar-refractivity contribution is 0.0692. The predicted octanol–water partition coefficient (Wildman–Crippen LogP) is 5.24. The normalized spacial score (nSPS) is 24.6. The standard InChI is InChI=1S/C23H26N2/c1-16-10-11-25(22-4-3-5-22)15-23(16)17(2)19-8-9-20-12-18(14-24)6-7-21(20)13-19/h6-9,12-13,16,22-23H,2-5,10-11,15H2,1H3. The molecule has 128 valence electrons. The van der Waals surface area contributed by atoms with Gasteiger partial charge in [-0.25, -0.2) is 0 Å². The molecule has 1 saturated carbocycles. The van der Waals surface area contributed by atoms with Crippen molar-refractivity contribution in [2.24, 2.45) is 11.8 Å². The van der Waals surface area contributed by atoms with Gasteiger partial charge in [0.25, 0.3) is 0 Å². The molecule has 2 nitrogen and oxygen atoms in total. The van der Waals surface area contributed by atoms with Crippen LogP contribution in [0.4, 0.5) is 0 Å². The molecule has 25 heavy (non-hydrogen) atoms. The summed E-state index contributed by atoms with van der Waals surface area (Å²) in [5.41, 5.74) is 3.25. The van der Waals surface area contributed by atoms with Crippen LogP contribution in [0.1, 0.15) is 43.7 Å². The Labute approximate surface area is 150 Å². The molecule has 2 aliphatic rings. The van der Waals surface area contributed by atoms with E-state index < -0.39 is 0 Å². The van der Waals surface area contributed by atoms with E-state index >= 15 is 0 Å². The van der Waals surface area contributed by atoms with Crippen molar-refractivity contribution >= 4 is 16.3 Å². The van der Waals surface area contributed by atoms with Gasteiger partial charge in [0.15, 0.2) is 0 Å². The molecular formula is C23H26N2. The molecule has 2 atom stereocenters. The van der Waals surface area contributed by atoms with Crippen LogP contribution in [-0.4, -0.2) is 24.0 Å². The number of piperidine rings is 1. The Bertz CT molecular complexity index is 841. The Hall–Kier alpha value is -2.11. The molecule has 1 aliphatic heterocycles. The van der Waals surface area contributed by atoms with Gasteiger partial charge in [0.05, 0.1) is 11.6 Å². The maximum absolute atomic E-state index is 9.07. The van der Waals surface area contributed by atoms with Gasteiger partial charge in [-0.15, -0.1) is 0 Å². The van der Waals surface area contributed by atoms with E-state index in [1.165, 1.54) is 48.8 Å². The van der Waals surface area contributed by atoms with Crippen LogP contribution >= 0.6 is 0 Å². The van der Waals surface area contributed by atoms with Gasteiger partial charge in [-0.2, -0.15) is 5.26 Å². The number of benzene rings is 2. The van der Waals surface area contributed by atoms with E-state index in [9.17, 15) is 0 Å². The Morgan fingerprint density at radius 2 is 1.88 bits per heavy atom. The molecule has 0 bridgehead atoms. The highest BCUT2D eigenvalue weighted by molar-refractivity contribution is 5.87. The minimum absolute atomic E-state index is 0.546. The van der Waals surface area contributed by atoms with Gasteiger partial charge in [-0.1, -0.05) is 38.1 Å². The first-order valence-corrected chi connectivity index (χ1v) is 9.53. The highest BCUT2D eigenvalue weighted by Crippen LogP contribution is 2.37. The second-order valence-corrected chi connectivity index (χ2v) is 7.87. The van der Waals surface area contributed by atoms with E-state index in [0.29, 0.717) is 11.8 Å². The summed E-state index contributed by atoms with van der Waals surface area (Å²) in [4.78, 5) is 2.71. The van der Waals surface area contributed by atoms with Crippen LogP contribution in [-0.2, 0) is 0 Å². The van der Waals surface area contributed by atoms with Crippen LogP contribution in [0.5, 0.6) is 0 Å². The van der Waals surface area contributed by atoms with Crippen LogP contribution in [0, 0.1) is 23.2 Å².